The average molecular weight is 194 g/mol. The lowest BCUT2D eigenvalue weighted by atomic mass is 10.1. The molecule has 1 rings (SSSR count). The molecule has 0 amide bonds. The van der Waals surface area contributed by atoms with Crippen molar-refractivity contribution in [2.75, 3.05) is 6.61 Å². The highest BCUT2D eigenvalue weighted by Gasteiger charge is 2.10. The fourth-order valence-electron chi connectivity index (χ4n) is 1.25. The summed E-state index contributed by atoms with van der Waals surface area (Å²) in [5, 5.41) is 12.4. The molecule has 0 fully saturated rings. The summed E-state index contributed by atoms with van der Waals surface area (Å²) < 4.78 is 0. The monoisotopic (exact) mass is 194 g/mol. The third-order valence-electron chi connectivity index (χ3n) is 2.27. The minimum atomic E-state index is 0.150. The zero-order chi connectivity index (χ0) is 10.4. The van der Waals surface area contributed by atoms with Crippen LogP contribution < -0.4 is 5.32 Å². The van der Waals surface area contributed by atoms with Gasteiger partial charge in [0.05, 0.1) is 12.3 Å². The number of aliphatic hydroxyl groups excluding tert-OH is 1. The Balaban J connectivity index is 2.40. The van der Waals surface area contributed by atoms with E-state index in [1.807, 2.05) is 18.2 Å². The summed E-state index contributed by atoms with van der Waals surface area (Å²) in [6, 6.07) is 5.99. The van der Waals surface area contributed by atoms with Crippen molar-refractivity contribution >= 4 is 0 Å². The van der Waals surface area contributed by atoms with Gasteiger partial charge in [0.1, 0.15) is 0 Å². The summed E-state index contributed by atoms with van der Waals surface area (Å²) in [5.74, 6) is 0.434. The van der Waals surface area contributed by atoms with E-state index in [4.69, 9.17) is 5.11 Å². The third kappa shape index (κ3) is 3.44. The average Bonchev–Trinajstić information content (AvgIpc) is 2.20. The van der Waals surface area contributed by atoms with Crippen molar-refractivity contribution in [3.05, 3.63) is 30.1 Å². The number of nitrogens with one attached hydrogen (secondary N) is 1. The van der Waals surface area contributed by atoms with Crippen LogP contribution in [0.5, 0.6) is 0 Å². The molecule has 0 spiro atoms. The molecule has 0 aliphatic carbocycles. The Kier molecular flexibility index (Phi) is 4.56. The minimum Gasteiger partial charge on any atom is -0.395 e. The van der Waals surface area contributed by atoms with Crippen molar-refractivity contribution in [1.29, 1.82) is 0 Å². The standard InChI is InChI=1S/C11H18N2O/c1-9(2)11(8-14)13-7-10-5-3-4-6-12-10/h3-6,9,11,13-14H,7-8H2,1-2H3/t11-/m0/s1. The molecule has 0 radical (unpaired) electrons. The molecule has 1 atom stereocenters. The van der Waals surface area contributed by atoms with Crippen LogP contribution in [0.15, 0.2) is 24.4 Å². The molecule has 0 aliphatic heterocycles. The van der Waals surface area contributed by atoms with Crippen LogP contribution in [0.25, 0.3) is 0 Å². The van der Waals surface area contributed by atoms with E-state index in [-0.39, 0.29) is 12.6 Å². The molecular formula is C11H18N2O. The van der Waals surface area contributed by atoms with Crippen molar-refractivity contribution in [2.24, 2.45) is 5.92 Å². The highest BCUT2D eigenvalue weighted by molar-refractivity contribution is 5.03. The smallest absolute Gasteiger partial charge is 0.0587 e. The number of aliphatic hydroxyl groups is 1. The number of pyridine rings is 1. The molecular weight excluding hydrogens is 176 g/mol. The first-order chi connectivity index (χ1) is 6.74. The molecule has 3 heteroatoms. The van der Waals surface area contributed by atoms with E-state index >= 15 is 0 Å². The van der Waals surface area contributed by atoms with Gasteiger partial charge in [0, 0.05) is 18.8 Å². The molecule has 0 saturated heterocycles. The normalized spacial score (nSPS) is 13.1. The van der Waals surface area contributed by atoms with Gasteiger partial charge in [0.2, 0.25) is 0 Å². The van der Waals surface area contributed by atoms with Crippen molar-refractivity contribution in [1.82, 2.24) is 10.3 Å². The number of aromatic nitrogens is 1. The van der Waals surface area contributed by atoms with Gasteiger partial charge in [0.15, 0.2) is 0 Å². The van der Waals surface area contributed by atoms with E-state index < -0.39 is 0 Å². The maximum absolute atomic E-state index is 9.09. The fourth-order valence-corrected chi connectivity index (χ4v) is 1.25. The van der Waals surface area contributed by atoms with E-state index in [2.05, 4.69) is 24.1 Å². The Morgan fingerprint density at radius 3 is 2.71 bits per heavy atom. The maximum atomic E-state index is 9.09. The predicted molar refractivity (Wildman–Crippen MR) is 56.8 cm³/mol. The van der Waals surface area contributed by atoms with Gasteiger partial charge in [-0.05, 0) is 18.1 Å². The van der Waals surface area contributed by atoms with Crippen molar-refractivity contribution in [3.8, 4) is 0 Å². The van der Waals surface area contributed by atoms with Gasteiger partial charge in [-0.1, -0.05) is 19.9 Å². The fraction of sp³-hybridized carbons (Fsp3) is 0.545. The van der Waals surface area contributed by atoms with Crippen LogP contribution in [0.3, 0.4) is 0 Å². The van der Waals surface area contributed by atoms with E-state index in [0.717, 1.165) is 5.69 Å². The van der Waals surface area contributed by atoms with Gasteiger partial charge in [-0.2, -0.15) is 0 Å². The maximum Gasteiger partial charge on any atom is 0.0587 e. The minimum absolute atomic E-state index is 0.150. The Hall–Kier alpha value is -0.930. The van der Waals surface area contributed by atoms with Gasteiger partial charge in [-0.15, -0.1) is 0 Å². The third-order valence-corrected chi connectivity index (χ3v) is 2.27. The number of hydrogen-bond acceptors (Lipinski definition) is 3. The highest BCUT2D eigenvalue weighted by Crippen LogP contribution is 2.01. The van der Waals surface area contributed by atoms with Crippen LogP contribution in [0.4, 0.5) is 0 Å². The van der Waals surface area contributed by atoms with Crippen LogP contribution >= 0.6 is 0 Å². The van der Waals surface area contributed by atoms with Crippen molar-refractivity contribution < 1.29 is 5.11 Å². The molecule has 14 heavy (non-hydrogen) atoms. The highest BCUT2D eigenvalue weighted by atomic mass is 16.3. The molecule has 3 nitrogen and oxygen atoms in total. The second kappa shape index (κ2) is 5.73. The lowest BCUT2D eigenvalue weighted by Crippen LogP contribution is -2.36. The largest absolute Gasteiger partial charge is 0.395 e. The second-order valence-electron chi connectivity index (χ2n) is 3.74. The molecule has 0 aliphatic rings. The molecule has 0 bridgehead atoms. The molecule has 0 saturated carbocycles. The zero-order valence-corrected chi connectivity index (χ0v) is 8.77. The van der Waals surface area contributed by atoms with Crippen molar-refractivity contribution in [3.63, 3.8) is 0 Å². The van der Waals surface area contributed by atoms with E-state index in [0.29, 0.717) is 12.5 Å². The Morgan fingerprint density at radius 1 is 1.43 bits per heavy atom. The second-order valence-corrected chi connectivity index (χ2v) is 3.74. The Labute approximate surface area is 85.2 Å². The molecule has 1 aromatic heterocycles. The summed E-state index contributed by atoms with van der Waals surface area (Å²) in [4.78, 5) is 4.20. The summed E-state index contributed by atoms with van der Waals surface area (Å²) in [7, 11) is 0. The van der Waals surface area contributed by atoms with Crippen molar-refractivity contribution in [2.45, 2.75) is 26.4 Å². The molecule has 78 valence electrons. The Morgan fingerprint density at radius 2 is 2.21 bits per heavy atom. The first-order valence-corrected chi connectivity index (χ1v) is 4.98. The first-order valence-electron chi connectivity index (χ1n) is 4.98. The zero-order valence-electron chi connectivity index (χ0n) is 8.77. The summed E-state index contributed by atoms with van der Waals surface area (Å²) in [6.07, 6.45) is 1.78. The molecule has 0 aromatic carbocycles. The first kappa shape index (κ1) is 11.1. The number of nitrogens with zero attached hydrogens (tertiary/aromatic N) is 1. The lowest BCUT2D eigenvalue weighted by Gasteiger charge is -2.19. The van der Waals surface area contributed by atoms with Gasteiger partial charge in [0.25, 0.3) is 0 Å². The summed E-state index contributed by atoms with van der Waals surface area (Å²) in [5.41, 5.74) is 1.01. The summed E-state index contributed by atoms with van der Waals surface area (Å²) >= 11 is 0. The van der Waals surface area contributed by atoms with Gasteiger partial charge < -0.3 is 10.4 Å². The summed E-state index contributed by atoms with van der Waals surface area (Å²) in [6.45, 7) is 5.06. The molecule has 2 N–H and O–H groups in total. The van der Waals surface area contributed by atoms with Crippen LogP contribution in [-0.4, -0.2) is 22.7 Å². The van der Waals surface area contributed by atoms with Gasteiger partial charge in [-0.3, -0.25) is 4.98 Å². The van der Waals surface area contributed by atoms with Crippen LogP contribution in [0.2, 0.25) is 0 Å². The lowest BCUT2D eigenvalue weighted by molar-refractivity contribution is 0.209. The van der Waals surface area contributed by atoms with E-state index in [1.165, 1.54) is 0 Å². The van der Waals surface area contributed by atoms with E-state index in [9.17, 15) is 0 Å². The number of hydrogen-bond donors (Lipinski definition) is 2. The molecule has 0 unspecified atom stereocenters. The Bertz CT molecular complexity index is 249. The van der Waals surface area contributed by atoms with E-state index in [1.54, 1.807) is 6.20 Å². The molecule has 1 heterocycles. The number of rotatable bonds is 5. The van der Waals surface area contributed by atoms with Crippen LogP contribution in [-0.2, 0) is 6.54 Å². The van der Waals surface area contributed by atoms with Gasteiger partial charge in [-0.25, -0.2) is 0 Å². The SMILES string of the molecule is CC(C)[C@H](CO)NCc1ccccn1. The topological polar surface area (TPSA) is 45.1 Å². The van der Waals surface area contributed by atoms with Gasteiger partial charge >= 0.3 is 0 Å². The predicted octanol–water partition coefficient (Wildman–Crippen LogP) is 1.19. The van der Waals surface area contributed by atoms with Crippen LogP contribution in [0.1, 0.15) is 19.5 Å². The van der Waals surface area contributed by atoms with Crippen LogP contribution in [0, 0.1) is 5.92 Å². The molecule has 1 aromatic rings. The quantitative estimate of drug-likeness (QED) is 0.740.